The standard InChI is InChI=1S/C13H26N2OP.C7H8O3S/c1-12(2,3)15-9-8-14(10-15)11-17(7,16)13(4,5)6;1-6-2-4-7(5-3-6)11(8,9)10/h8-10H,11H2,1-7H3;2-5H,1H3,(H,8,9,10)/q+1;/p-1/t17-;/m1./s1. The van der Waals surface area contributed by atoms with Crippen LogP contribution in [0.2, 0.25) is 0 Å². The third-order valence-electron chi connectivity index (χ3n) is 4.63. The minimum Gasteiger partial charge on any atom is -0.744 e. The van der Waals surface area contributed by atoms with Gasteiger partial charge in [-0.15, -0.1) is 0 Å². The average molecular weight is 429 g/mol. The third-order valence-corrected chi connectivity index (χ3v) is 9.18. The van der Waals surface area contributed by atoms with Gasteiger partial charge in [-0.05, 0) is 46.5 Å². The number of nitrogens with zero attached hydrogens (tertiary/aromatic N) is 2. The normalized spacial score (nSPS) is 14.8. The molecule has 0 radical (unpaired) electrons. The highest BCUT2D eigenvalue weighted by Crippen LogP contribution is 2.54. The van der Waals surface area contributed by atoms with E-state index in [-0.39, 0.29) is 15.6 Å². The van der Waals surface area contributed by atoms with E-state index in [0.29, 0.717) is 6.29 Å². The molecule has 1 aromatic carbocycles. The molecule has 0 amide bonds. The molecule has 1 aromatic heterocycles. The van der Waals surface area contributed by atoms with Gasteiger partial charge in [0.1, 0.15) is 41.5 Å². The van der Waals surface area contributed by atoms with Crippen LogP contribution in [0.1, 0.15) is 47.1 Å². The van der Waals surface area contributed by atoms with Gasteiger partial charge in [-0.25, -0.2) is 17.6 Å². The monoisotopic (exact) mass is 428 g/mol. The van der Waals surface area contributed by atoms with Crippen LogP contribution in [0.4, 0.5) is 0 Å². The Morgan fingerprint density at radius 1 is 1.07 bits per heavy atom. The second kappa shape index (κ2) is 8.52. The van der Waals surface area contributed by atoms with Crippen molar-refractivity contribution in [2.24, 2.45) is 0 Å². The molecule has 0 bridgehead atoms. The summed E-state index contributed by atoms with van der Waals surface area (Å²) in [6.07, 6.45) is 6.71. The highest BCUT2D eigenvalue weighted by atomic mass is 32.2. The van der Waals surface area contributed by atoms with Crippen LogP contribution in [0.5, 0.6) is 0 Å². The summed E-state index contributed by atoms with van der Waals surface area (Å²) in [5.74, 6) is 0. The molecule has 2 aromatic rings. The Kier molecular flexibility index (Phi) is 7.49. The summed E-state index contributed by atoms with van der Waals surface area (Å²) in [5.41, 5.74) is 1.00. The van der Waals surface area contributed by atoms with Crippen molar-refractivity contribution in [2.45, 2.75) is 70.3 Å². The summed E-state index contributed by atoms with van der Waals surface area (Å²) < 4.78 is 48.0. The molecule has 0 aliphatic rings. The summed E-state index contributed by atoms with van der Waals surface area (Å²) in [5, 5.41) is -0.135. The van der Waals surface area contributed by atoms with E-state index in [1.807, 2.05) is 36.9 Å². The number of imidazole rings is 1. The zero-order valence-corrected chi connectivity index (χ0v) is 19.8. The average Bonchev–Trinajstić information content (AvgIpc) is 2.94. The van der Waals surface area contributed by atoms with Crippen LogP contribution in [-0.4, -0.2) is 29.4 Å². The van der Waals surface area contributed by atoms with Crippen LogP contribution in [-0.2, 0) is 26.5 Å². The van der Waals surface area contributed by atoms with Crippen LogP contribution >= 0.6 is 7.14 Å². The molecule has 1 heterocycles. The molecule has 158 valence electrons. The Balaban J connectivity index is 0.000000307. The minimum absolute atomic E-state index is 0.0741. The third kappa shape index (κ3) is 7.19. The van der Waals surface area contributed by atoms with Gasteiger partial charge >= 0.3 is 0 Å². The van der Waals surface area contributed by atoms with Gasteiger partial charge in [-0.3, -0.25) is 0 Å². The van der Waals surface area contributed by atoms with Crippen molar-refractivity contribution >= 4 is 17.3 Å². The molecular formula is C20H33N2O4PS. The zero-order chi connectivity index (χ0) is 22.0. The second-order valence-electron chi connectivity index (χ2n) is 9.19. The van der Waals surface area contributed by atoms with E-state index in [4.69, 9.17) is 0 Å². The topological polar surface area (TPSA) is 83.1 Å². The molecule has 1 atom stereocenters. The molecule has 0 saturated carbocycles. The number of hydrogen-bond donors (Lipinski definition) is 0. The Morgan fingerprint density at radius 3 is 1.93 bits per heavy atom. The van der Waals surface area contributed by atoms with E-state index in [0.717, 1.165) is 5.56 Å². The first-order valence-electron chi connectivity index (χ1n) is 9.10. The van der Waals surface area contributed by atoms with Crippen LogP contribution in [0, 0.1) is 6.92 Å². The number of aromatic nitrogens is 2. The van der Waals surface area contributed by atoms with E-state index < -0.39 is 17.3 Å². The fourth-order valence-corrected chi connectivity index (χ4v) is 3.79. The fraction of sp³-hybridized carbons (Fsp3) is 0.550. The lowest BCUT2D eigenvalue weighted by molar-refractivity contribution is -0.678. The maximum absolute atomic E-state index is 12.6. The van der Waals surface area contributed by atoms with Crippen molar-refractivity contribution < 1.29 is 22.1 Å². The Hall–Kier alpha value is -1.43. The van der Waals surface area contributed by atoms with Crippen molar-refractivity contribution in [1.82, 2.24) is 4.57 Å². The maximum Gasteiger partial charge on any atom is 0.244 e. The van der Waals surface area contributed by atoms with Gasteiger partial charge in [0.2, 0.25) is 6.33 Å². The Labute approximate surface area is 169 Å². The Morgan fingerprint density at radius 2 is 1.57 bits per heavy atom. The molecule has 0 fully saturated rings. The lowest BCUT2D eigenvalue weighted by atomic mass is 10.1. The number of hydrogen-bond acceptors (Lipinski definition) is 4. The molecule has 6 nitrogen and oxygen atoms in total. The predicted octanol–water partition coefficient (Wildman–Crippen LogP) is 4.18. The molecule has 28 heavy (non-hydrogen) atoms. The van der Waals surface area contributed by atoms with E-state index in [1.165, 1.54) is 12.1 Å². The zero-order valence-electron chi connectivity index (χ0n) is 18.1. The summed E-state index contributed by atoms with van der Waals surface area (Å²) in [6, 6.07) is 5.78. The summed E-state index contributed by atoms with van der Waals surface area (Å²) in [4.78, 5) is -0.178. The molecule has 0 unspecified atom stereocenters. The van der Waals surface area contributed by atoms with Crippen molar-refractivity contribution in [3.05, 3.63) is 48.5 Å². The van der Waals surface area contributed by atoms with Gasteiger partial charge in [-0.1, -0.05) is 38.5 Å². The van der Waals surface area contributed by atoms with Gasteiger partial charge in [-0.2, -0.15) is 0 Å². The number of aryl methyl sites for hydroxylation is 1. The number of benzene rings is 1. The van der Waals surface area contributed by atoms with Gasteiger partial charge in [0, 0.05) is 5.16 Å². The molecule has 0 aliphatic carbocycles. The first-order valence-corrected chi connectivity index (χ1v) is 12.8. The smallest absolute Gasteiger partial charge is 0.244 e. The molecule has 8 heteroatoms. The first-order chi connectivity index (χ1) is 12.4. The molecule has 0 N–H and O–H groups in total. The second-order valence-corrected chi connectivity index (χ2v) is 14.4. The quantitative estimate of drug-likeness (QED) is 0.417. The van der Waals surface area contributed by atoms with Crippen LogP contribution in [0.25, 0.3) is 0 Å². The fourth-order valence-electron chi connectivity index (χ4n) is 2.10. The van der Waals surface area contributed by atoms with E-state index in [9.17, 15) is 17.5 Å². The van der Waals surface area contributed by atoms with Gasteiger partial charge < -0.3 is 9.12 Å². The number of rotatable bonds is 3. The highest BCUT2D eigenvalue weighted by Gasteiger charge is 2.34. The predicted molar refractivity (Wildman–Crippen MR) is 112 cm³/mol. The first kappa shape index (κ1) is 24.6. The Bertz CT molecular complexity index is 934. The summed E-state index contributed by atoms with van der Waals surface area (Å²) in [6.45, 7) is 16.3. The maximum atomic E-state index is 12.6. The minimum atomic E-state index is -4.27. The summed E-state index contributed by atoms with van der Waals surface area (Å²) >= 11 is 0. The van der Waals surface area contributed by atoms with Crippen molar-refractivity contribution in [1.29, 1.82) is 0 Å². The van der Waals surface area contributed by atoms with Crippen LogP contribution in [0.3, 0.4) is 0 Å². The van der Waals surface area contributed by atoms with Gasteiger partial charge in [0.25, 0.3) is 0 Å². The van der Waals surface area contributed by atoms with Crippen molar-refractivity contribution in [3.8, 4) is 0 Å². The van der Waals surface area contributed by atoms with Crippen molar-refractivity contribution in [2.75, 3.05) is 6.66 Å². The van der Waals surface area contributed by atoms with Crippen molar-refractivity contribution in [3.63, 3.8) is 0 Å². The van der Waals surface area contributed by atoms with Gasteiger partial charge in [0.15, 0.2) is 0 Å². The highest BCUT2D eigenvalue weighted by molar-refractivity contribution is 7.85. The summed E-state index contributed by atoms with van der Waals surface area (Å²) in [7, 11) is -6.46. The SMILES string of the molecule is CC(C)(C)n1cc[n+](C[P@@](C)(=O)C(C)(C)C)c1.Cc1ccc(S(=O)(=O)[O-])cc1. The van der Waals surface area contributed by atoms with E-state index >= 15 is 0 Å². The largest absolute Gasteiger partial charge is 0.744 e. The van der Waals surface area contributed by atoms with Crippen LogP contribution < -0.4 is 4.57 Å². The molecule has 0 spiro atoms. The van der Waals surface area contributed by atoms with Crippen LogP contribution in [0.15, 0.2) is 47.9 Å². The molecular weight excluding hydrogens is 395 g/mol. The molecule has 0 saturated heterocycles. The van der Waals surface area contributed by atoms with Gasteiger partial charge in [0.05, 0.1) is 4.90 Å². The molecule has 0 aliphatic heterocycles. The molecule has 2 rings (SSSR count). The van der Waals surface area contributed by atoms with E-state index in [2.05, 4.69) is 46.1 Å². The lowest BCUT2D eigenvalue weighted by Gasteiger charge is -2.26. The van der Waals surface area contributed by atoms with E-state index in [1.54, 1.807) is 12.1 Å². The lowest BCUT2D eigenvalue weighted by Crippen LogP contribution is -2.35.